The first kappa shape index (κ1) is 13.7. The van der Waals surface area contributed by atoms with Crippen molar-refractivity contribution >= 4 is 11.6 Å². The minimum atomic E-state index is 0.425. The Morgan fingerprint density at radius 1 is 1.29 bits per heavy atom. The molecule has 17 heavy (non-hydrogen) atoms. The third-order valence-corrected chi connectivity index (χ3v) is 2.64. The molecule has 0 aliphatic rings. The summed E-state index contributed by atoms with van der Waals surface area (Å²) in [5.74, 6) is 2.64. The number of nitrogens with zero attached hydrogens (tertiary/aromatic N) is 3. The van der Waals surface area contributed by atoms with Gasteiger partial charge in [0, 0.05) is 32.2 Å². The standard InChI is InChI=1S/C12H23N5/c1-9(2)17(5)12-8-11(14-7-6-13-4)15-10(3)16-12/h8-9,13H,6-7H2,1-5H3,(H,14,15,16). The molecule has 0 saturated carbocycles. The van der Waals surface area contributed by atoms with E-state index in [1.54, 1.807) is 0 Å². The SMILES string of the molecule is CNCCNc1cc(N(C)C(C)C)nc(C)n1. The van der Waals surface area contributed by atoms with Crippen LogP contribution in [0.3, 0.4) is 0 Å². The molecule has 5 heteroatoms. The van der Waals surface area contributed by atoms with Gasteiger partial charge in [0.15, 0.2) is 0 Å². The van der Waals surface area contributed by atoms with E-state index >= 15 is 0 Å². The lowest BCUT2D eigenvalue weighted by Crippen LogP contribution is -2.27. The highest BCUT2D eigenvalue weighted by Gasteiger charge is 2.08. The van der Waals surface area contributed by atoms with E-state index in [1.165, 1.54) is 0 Å². The van der Waals surface area contributed by atoms with Crippen LogP contribution in [0.2, 0.25) is 0 Å². The average Bonchev–Trinajstić information content (AvgIpc) is 2.27. The zero-order valence-electron chi connectivity index (χ0n) is 11.4. The Morgan fingerprint density at radius 3 is 2.59 bits per heavy atom. The summed E-state index contributed by atoms with van der Waals surface area (Å²) in [7, 11) is 3.98. The van der Waals surface area contributed by atoms with Gasteiger partial charge in [-0.1, -0.05) is 0 Å². The first-order valence-electron chi connectivity index (χ1n) is 6.01. The number of hydrogen-bond donors (Lipinski definition) is 2. The fraction of sp³-hybridized carbons (Fsp3) is 0.667. The molecular formula is C12H23N5. The lowest BCUT2D eigenvalue weighted by molar-refractivity contribution is 0.738. The maximum atomic E-state index is 4.44. The average molecular weight is 237 g/mol. The normalized spacial score (nSPS) is 10.7. The first-order valence-corrected chi connectivity index (χ1v) is 6.01. The molecule has 0 fully saturated rings. The zero-order valence-corrected chi connectivity index (χ0v) is 11.4. The van der Waals surface area contributed by atoms with Crippen molar-refractivity contribution in [1.29, 1.82) is 0 Å². The van der Waals surface area contributed by atoms with Gasteiger partial charge < -0.3 is 15.5 Å². The lowest BCUT2D eigenvalue weighted by Gasteiger charge is -2.23. The summed E-state index contributed by atoms with van der Waals surface area (Å²) >= 11 is 0. The number of nitrogens with one attached hydrogen (secondary N) is 2. The summed E-state index contributed by atoms with van der Waals surface area (Å²) in [5, 5.41) is 6.37. The van der Waals surface area contributed by atoms with Crippen molar-refractivity contribution in [1.82, 2.24) is 15.3 Å². The Hall–Kier alpha value is -1.36. The number of aryl methyl sites for hydroxylation is 1. The largest absolute Gasteiger partial charge is 0.369 e. The van der Waals surface area contributed by atoms with Gasteiger partial charge in [-0.25, -0.2) is 9.97 Å². The van der Waals surface area contributed by atoms with Crippen LogP contribution in [0.5, 0.6) is 0 Å². The van der Waals surface area contributed by atoms with Crippen LogP contribution in [-0.4, -0.2) is 43.2 Å². The molecule has 1 heterocycles. The van der Waals surface area contributed by atoms with E-state index in [4.69, 9.17) is 0 Å². The van der Waals surface area contributed by atoms with E-state index in [0.717, 1.165) is 30.5 Å². The van der Waals surface area contributed by atoms with Crippen LogP contribution in [0.15, 0.2) is 6.07 Å². The maximum Gasteiger partial charge on any atom is 0.134 e. The van der Waals surface area contributed by atoms with Gasteiger partial charge in [0.2, 0.25) is 0 Å². The van der Waals surface area contributed by atoms with Crippen LogP contribution in [0.1, 0.15) is 19.7 Å². The number of likely N-dealkylation sites (N-methyl/N-ethyl adjacent to an activating group) is 1. The quantitative estimate of drug-likeness (QED) is 0.730. The molecule has 0 bridgehead atoms. The summed E-state index contributed by atoms with van der Waals surface area (Å²) in [4.78, 5) is 10.9. The van der Waals surface area contributed by atoms with Crippen molar-refractivity contribution in [2.24, 2.45) is 0 Å². The predicted molar refractivity (Wildman–Crippen MR) is 72.7 cm³/mol. The van der Waals surface area contributed by atoms with Crippen LogP contribution in [0, 0.1) is 6.92 Å². The second kappa shape index (κ2) is 6.39. The highest BCUT2D eigenvalue weighted by molar-refractivity contribution is 5.49. The predicted octanol–water partition coefficient (Wildman–Crippen LogP) is 1.26. The Morgan fingerprint density at radius 2 is 2.00 bits per heavy atom. The fourth-order valence-electron chi connectivity index (χ4n) is 1.40. The minimum absolute atomic E-state index is 0.425. The number of rotatable bonds is 6. The van der Waals surface area contributed by atoms with Gasteiger partial charge in [0.25, 0.3) is 0 Å². The fourth-order valence-corrected chi connectivity index (χ4v) is 1.40. The number of aromatic nitrogens is 2. The van der Waals surface area contributed by atoms with Crippen LogP contribution in [-0.2, 0) is 0 Å². The van der Waals surface area contributed by atoms with Gasteiger partial charge in [-0.05, 0) is 27.8 Å². The van der Waals surface area contributed by atoms with Crippen LogP contribution in [0.25, 0.3) is 0 Å². The second-order valence-electron chi connectivity index (χ2n) is 4.39. The summed E-state index contributed by atoms with van der Waals surface area (Å²) < 4.78 is 0. The molecule has 0 spiro atoms. The van der Waals surface area contributed by atoms with Crippen molar-refractivity contribution in [3.8, 4) is 0 Å². The highest BCUT2D eigenvalue weighted by atomic mass is 15.2. The summed E-state index contributed by atoms with van der Waals surface area (Å²) in [6.45, 7) is 7.98. The molecule has 96 valence electrons. The molecule has 0 aliphatic heterocycles. The zero-order chi connectivity index (χ0) is 12.8. The van der Waals surface area contributed by atoms with E-state index < -0.39 is 0 Å². The Balaban J connectivity index is 2.79. The van der Waals surface area contributed by atoms with Gasteiger partial charge in [-0.15, -0.1) is 0 Å². The molecular weight excluding hydrogens is 214 g/mol. The number of hydrogen-bond acceptors (Lipinski definition) is 5. The van der Waals surface area contributed by atoms with Crippen molar-refractivity contribution in [3.63, 3.8) is 0 Å². The smallest absolute Gasteiger partial charge is 0.134 e. The molecule has 5 nitrogen and oxygen atoms in total. The summed E-state index contributed by atoms with van der Waals surface area (Å²) in [5.41, 5.74) is 0. The molecule has 0 aromatic carbocycles. The molecule has 1 aromatic heterocycles. The first-order chi connectivity index (χ1) is 8.04. The Kier molecular flexibility index (Phi) is 5.15. The molecule has 0 radical (unpaired) electrons. The third-order valence-electron chi connectivity index (χ3n) is 2.64. The van der Waals surface area contributed by atoms with Gasteiger partial charge in [-0.3, -0.25) is 0 Å². The molecule has 1 aromatic rings. The van der Waals surface area contributed by atoms with Gasteiger partial charge >= 0.3 is 0 Å². The molecule has 1 rings (SSSR count). The molecule has 0 aliphatic carbocycles. The lowest BCUT2D eigenvalue weighted by atomic mass is 10.3. The van der Waals surface area contributed by atoms with E-state index in [9.17, 15) is 0 Å². The molecule has 2 N–H and O–H groups in total. The van der Waals surface area contributed by atoms with Gasteiger partial charge in [0.1, 0.15) is 17.5 Å². The summed E-state index contributed by atoms with van der Waals surface area (Å²) in [6.07, 6.45) is 0. The summed E-state index contributed by atoms with van der Waals surface area (Å²) in [6, 6.07) is 2.41. The van der Waals surface area contributed by atoms with E-state index in [2.05, 4.69) is 39.3 Å². The maximum absolute atomic E-state index is 4.44. The second-order valence-corrected chi connectivity index (χ2v) is 4.39. The van der Waals surface area contributed by atoms with Crippen molar-refractivity contribution in [2.75, 3.05) is 37.4 Å². The van der Waals surface area contributed by atoms with Crippen molar-refractivity contribution in [3.05, 3.63) is 11.9 Å². The monoisotopic (exact) mass is 237 g/mol. The minimum Gasteiger partial charge on any atom is -0.369 e. The molecule has 0 amide bonds. The third kappa shape index (κ3) is 4.19. The van der Waals surface area contributed by atoms with E-state index in [1.807, 2.05) is 27.1 Å². The highest BCUT2D eigenvalue weighted by Crippen LogP contribution is 2.16. The Bertz CT molecular complexity index is 351. The van der Waals surface area contributed by atoms with Crippen molar-refractivity contribution in [2.45, 2.75) is 26.8 Å². The van der Waals surface area contributed by atoms with E-state index in [0.29, 0.717) is 6.04 Å². The van der Waals surface area contributed by atoms with Gasteiger partial charge in [-0.2, -0.15) is 0 Å². The topological polar surface area (TPSA) is 53.1 Å². The van der Waals surface area contributed by atoms with E-state index in [-0.39, 0.29) is 0 Å². The molecule has 0 saturated heterocycles. The van der Waals surface area contributed by atoms with Crippen molar-refractivity contribution < 1.29 is 0 Å². The van der Waals surface area contributed by atoms with Gasteiger partial charge in [0.05, 0.1) is 0 Å². The van der Waals surface area contributed by atoms with Crippen LogP contribution >= 0.6 is 0 Å². The number of anilines is 2. The van der Waals surface area contributed by atoms with Crippen LogP contribution in [0.4, 0.5) is 11.6 Å². The van der Waals surface area contributed by atoms with Crippen LogP contribution < -0.4 is 15.5 Å². The molecule has 0 atom stereocenters. The Labute approximate surface area is 104 Å². The molecule has 0 unspecified atom stereocenters.